The van der Waals surface area contributed by atoms with Crippen molar-refractivity contribution in [3.05, 3.63) is 119 Å². The molecule has 1 aliphatic rings. The number of rotatable bonds is 9. The highest BCUT2D eigenvalue weighted by atomic mass is 32.1. The summed E-state index contributed by atoms with van der Waals surface area (Å²) in [6, 6.07) is 20.5. The number of thiophene rings is 1. The van der Waals surface area contributed by atoms with Crippen molar-refractivity contribution in [2.24, 2.45) is 4.99 Å². The molecule has 0 saturated heterocycles. The molecule has 8 heteroatoms. The first kappa shape index (κ1) is 25.9. The van der Waals surface area contributed by atoms with E-state index in [-0.39, 0.29) is 12.2 Å². The van der Waals surface area contributed by atoms with Crippen LogP contribution in [-0.2, 0) is 16.1 Å². The van der Waals surface area contributed by atoms with E-state index in [1.165, 1.54) is 22.7 Å². The Morgan fingerprint density at radius 1 is 1.08 bits per heavy atom. The van der Waals surface area contributed by atoms with Crippen molar-refractivity contribution in [2.45, 2.75) is 39.3 Å². The first-order valence-corrected chi connectivity index (χ1v) is 14.2. The lowest BCUT2D eigenvalue weighted by atomic mass is 10.0. The van der Waals surface area contributed by atoms with Crippen LogP contribution < -0.4 is 19.6 Å². The van der Waals surface area contributed by atoms with Gasteiger partial charge in [0.2, 0.25) is 0 Å². The van der Waals surface area contributed by atoms with Crippen molar-refractivity contribution in [3.63, 3.8) is 0 Å². The van der Waals surface area contributed by atoms with Gasteiger partial charge in [-0.1, -0.05) is 73.2 Å². The lowest BCUT2D eigenvalue weighted by Gasteiger charge is -2.23. The average molecular weight is 545 g/mol. The van der Waals surface area contributed by atoms with E-state index in [1.807, 2.05) is 78.2 Å². The predicted molar refractivity (Wildman–Crippen MR) is 151 cm³/mol. The molecule has 0 fully saturated rings. The summed E-state index contributed by atoms with van der Waals surface area (Å²) >= 11 is 2.82. The largest absolute Gasteiger partial charge is 0.494 e. The Bertz CT molecular complexity index is 1620. The van der Waals surface area contributed by atoms with Gasteiger partial charge in [-0.15, -0.1) is 11.3 Å². The number of thiazole rings is 1. The number of carbonyl (C=O) groups excluding carboxylic acids is 1. The summed E-state index contributed by atoms with van der Waals surface area (Å²) in [6.45, 7) is 4.76. The molecular formula is C30H28N2O4S2. The van der Waals surface area contributed by atoms with E-state index in [2.05, 4.69) is 11.9 Å². The Balaban J connectivity index is 1.48. The van der Waals surface area contributed by atoms with Gasteiger partial charge in [0.05, 0.1) is 22.4 Å². The van der Waals surface area contributed by atoms with Crippen molar-refractivity contribution in [3.8, 4) is 5.75 Å². The molecule has 2 aromatic carbocycles. The molecule has 2 aromatic heterocycles. The third-order valence-corrected chi connectivity index (χ3v) is 8.12. The number of fused-ring (bicyclic) bond motifs is 1. The molecule has 0 spiro atoms. The summed E-state index contributed by atoms with van der Waals surface area (Å²) in [4.78, 5) is 33.2. The van der Waals surface area contributed by atoms with Gasteiger partial charge in [-0.05, 0) is 54.1 Å². The molecule has 0 bridgehead atoms. The third-order valence-electron chi connectivity index (χ3n) is 6.21. The second-order valence-corrected chi connectivity index (χ2v) is 10.9. The smallest absolute Gasteiger partial charge is 0.338 e. The van der Waals surface area contributed by atoms with Gasteiger partial charge >= 0.3 is 5.97 Å². The van der Waals surface area contributed by atoms with Gasteiger partial charge in [0.1, 0.15) is 18.4 Å². The molecular weight excluding hydrogens is 516 g/mol. The number of carbonyl (C=O) groups is 1. The number of ether oxygens (including phenoxy) is 2. The van der Waals surface area contributed by atoms with Gasteiger partial charge < -0.3 is 9.47 Å². The highest BCUT2D eigenvalue weighted by Gasteiger charge is 2.34. The van der Waals surface area contributed by atoms with Gasteiger partial charge in [0, 0.05) is 4.88 Å². The van der Waals surface area contributed by atoms with Crippen LogP contribution in [0.25, 0.3) is 6.08 Å². The van der Waals surface area contributed by atoms with Crippen molar-refractivity contribution >= 4 is 34.7 Å². The molecule has 1 atom stereocenters. The monoisotopic (exact) mass is 544 g/mol. The highest BCUT2D eigenvalue weighted by molar-refractivity contribution is 7.10. The number of esters is 1. The molecule has 6 nitrogen and oxygen atoms in total. The van der Waals surface area contributed by atoms with E-state index < -0.39 is 12.0 Å². The van der Waals surface area contributed by atoms with Crippen LogP contribution in [0.5, 0.6) is 5.75 Å². The lowest BCUT2D eigenvalue weighted by Crippen LogP contribution is -2.39. The van der Waals surface area contributed by atoms with Crippen LogP contribution in [0.2, 0.25) is 0 Å². The van der Waals surface area contributed by atoms with Crippen LogP contribution in [0.4, 0.5) is 0 Å². The van der Waals surface area contributed by atoms with Crippen LogP contribution in [-0.4, -0.2) is 17.1 Å². The molecule has 5 rings (SSSR count). The Morgan fingerprint density at radius 3 is 2.58 bits per heavy atom. The Hall–Kier alpha value is -3.75. The Morgan fingerprint density at radius 2 is 1.87 bits per heavy atom. The number of benzene rings is 2. The predicted octanol–water partition coefficient (Wildman–Crippen LogP) is 5.22. The molecule has 1 unspecified atom stereocenters. The van der Waals surface area contributed by atoms with Crippen LogP contribution in [0, 0.1) is 0 Å². The SMILES string of the molecule is CCCCOc1ccc(/C=c2\sc3n(c2=O)C(c2cccs2)C(C(=O)OCc2ccccc2)=C(C)N=3)cc1. The fourth-order valence-electron chi connectivity index (χ4n) is 4.25. The molecule has 0 aliphatic carbocycles. The summed E-state index contributed by atoms with van der Waals surface area (Å²) in [5.74, 6) is 0.338. The Labute approximate surface area is 228 Å². The topological polar surface area (TPSA) is 69.9 Å². The molecule has 0 amide bonds. The average Bonchev–Trinajstić information content (AvgIpc) is 3.57. The molecule has 0 saturated carbocycles. The summed E-state index contributed by atoms with van der Waals surface area (Å²) in [5.41, 5.74) is 2.55. The minimum atomic E-state index is -0.592. The molecule has 38 heavy (non-hydrogen) atoms. The van der Waals surface area contributed by atoms with Gasteiger partial charge in [0.15, 0.2) is 4.80 Å². The van der Waals surface area contributed by atoms with E-state index in [4.69, 9.17) is 9.47 Å². The van der Waals surface area contributed by atoms with Crippen molar-refractivity contribution < 1.29 is 14.3 Å². The highest BCUT2D eigenvalue weighted by Crippen LogP contribution is 2.33. The molecule has 0 N–H and O–H groups in total. The number of allylic oxidation sites excluding steroid dienone is 1. The van der Waals surface area contributed by atoms with Gasteiger partial charge in [-0.3, -0.25) is 9.36 Å². The first-order chi connectivity index (χ1) is 18.5. The van der Waals surface area contributed by atoms with E-state index in [9.17, 15) is 9.59 Å². The zero-order valence-electron chi connectivity index (χ0n) is 21.3. The normalized spacial score (nSPS) is 15.2. The second kappa shape index (κ2) is 11.8. The molecule has 0 radical (unpaired) electrons. The van der Waals surface area contributed by atoms with Crippen molar-refractivity contribution in [1.82, 2.24) is 4.57 Å². The van der Waals surface area contributed by atoms with Crippen LogP contribution in [0.3, 0.4) is 0 Å². The van der Waals surface area contributed by atoms with Crippen LogP contribution in [0.15, 0.2) is 93.2 Å². The zero-order valence-corrected chi connectivity index (χ0v) is 22.9. The fraction of sp³-hybridized carbons (Fsp3) is 0.233. The van der Waals surface area contributed by atoms with E-state index >= 15 is 0 Å². The fourth-order valence-corrected chi connectivity index (χ4v) is 6.12. The summed E-state index contributed by atoms with van der Waals surface area (Å²) in [5, 5.41) is 1.94. The number of aromatic nitrogens is 1. The van der Waals surface area contributed by atoms with Gasteiger partial charge in [-0.2, -0.15) is 0 Å². The third kappa shape index (κ3) is 5.56. The van der Waals surface area contributed by atoms with Crippen LogP contribution in [0.1, 0.15) is 48.7 Å². The lowest BCUT2D eigenvalue weighted by molar-refractivity contribution is -0.140. The minimum absolute atomic E-state index is 0.149. The minimum Gasteiger partial charge on any atom is -0.494 e. The summed E-state index contributed by atoms with van der Waals surface area (Å²) in [6.07, 6.45) is 3.95. The number of unbranched alkanes of at least 4 members (excludes halogenated alkanes) is 1. The Kier molecular flexibility index (Phi) is 8.00. The zero-order chi connectivity index (χ0) is 26.5. The molecule has 1 aliphatic heterocycles. The van der Waals surface area contributed by atoms with Crippen molar-refractivity contribution in [2.75, 3.05) is 6.61 Å². The maximum absolute atomic E-state index is 13.7. The summed E-state index contributed by atoms with van der Waals surface area (Å²) in [7, 11) is 0. The van der Waals surface area contributed by atoms with E-state index in [0.717, 1.165) is 34.6 Å². The van der Waals surface area contributed by atoms with Crippen molar-refractivity contribution in [1.29, 1.82) is 0 Å². The number of hydrogen-bond donors (Lipinski definition) is 0. The molecule has 3 heterocycles. The second-order valence-electron chi connectivity index (χ2n) is 8.93. The van der Waals surface area contributed by atoms with Crippen LogP contribution >= 0.6 is 22.7 Å². The molecule has 194 valence electrons. The quantitative estimate of drug-likeness (QED) is 0.214. The van der Waals surface area contributed by atoms with Gasteiger partial charge in [-0.25, -0.2) is 9.79 Å². The first-order valence-electron chi connectivity index (χ1n) is 12.5. The standard InChI is InChI=1S/C30H28N2O4S2/c1-3-4-16-35-23-14-12-21(13-15-23)18-25-28(33)32-27(24-11-8-17-37-24)26(20(2)31-30(32)38-25)29(34)36-19-22-9-6-5-7-10-22/h5-15,17-18,27H,3-4,16,19H2,1-2H3/b25-18-. The van der Waals surface area contributed by atoms with E-state index in [0.29, 0.717) is 27.2 Å². The maximum Gasteiger partial charge on any atom is 0.338 e. The maximum atomic E-state index is 13.7. The number of hydrogen-bond acceptors (Lipinski definition) is 7. The molecule has 4 aromatic rings. The van der Waals surface area contributed by atoms with Gasteiger partial charge in [0.25, 0.3) is 5.56 Å². The number of nitrogens with zero attached hydrogens (tertiary/aromatic N) is 2. The summed E-state index contributed by atoms with van der Waals surface area (Å²) < 4.78 is 13.6. The van der Waals surface area contributed by atoms with E-state index in [1.54, 1.807) is 11.5 Å².